The van der Waals surface area contributed by atoms with E-state index in [2.05, 4.69) is 30.7 Å². The van der Waals surface area contributed by atoms with E-state index in [9.17, 15) is 0 Å². The van der Waals surface area contributed by atoms with Crippen LogP contribution < -0.4 is 11.3 Å². The topological polar surface area (TPSA) is 110 Å². The SMILES string of the molecule is Cc1nn(-c2nc(NN)nc3[nH]ncc23)c(C)c1C. The van der Waals surface area contributed by atoms with Crippen molar-refractivity contribution < 1.29 is 0 Å². The lowest BCUT2D eigenvalue weighted by Gasteiger charge is -2.06. The van der Waals surface area contributed by atoms with Crippen molar-refractivity contribution in [2.24, 2.45) is 5.84 Å². The number of aromatic nitrogens is 6. The van der Waals surface area contributed by atoms with Crippen LogP contribution >= 0.6 is 0 Å². The van der Waals surface area contributed by atoms with Crippen LogP contribution in [0.3, 0.4) is 0 Å². The third-order valence-corrected chi connectivity index (χ3v) is 3.27. The lowest BCUT2D eigenvalue weighted by atomic mass is 10.2. The van der Waals surface area contributed by atoms with E-state index in [4.69, 9.17) is 5.84 Å². The molecule has 0 saturated carbocycles. The predicted octanol–water partition coefficient (Wildman–Crippen LogP) is 0.749. The predicted molar refractivity (Wildman–Crippen MR) is 70.8 cm³/mol. The van der Waals surface area contributed by atoms with Gasteiger partial charge in [0.1, 0.15) is 0 Å². The number of nitrogens with two attached hydrogens (primary N) is 1. The maximum absolute atomic E-state index is 5.39. The molecule has 98 valence electrons. The Balaban J connectivity index is 2.34. The first-order valence-electron chi connectivity index (χ1n) is 5.82. The molecule has 3 aromatic rings. The molecular weight excluding hydrogens is 244 g/mol. The van der Waals surface area contributed by atoms with E-state index >= 15 is 0 Å². The molecule has 0 bridgehead atoms. The molecule has 3 rings (SSSR count). The van der Waals surface area contributed by atoms with Crippen molar-refractivity contribution in [2.45, 2.75) is 20.8 Å². The molecule has 0 aliphatic rings. The zero-order valence-corrected chi connectivity index (χ0v) is 10.9. The van der Waals surface area contributed by atoms with Crippen molar-refractivity contribution in [1.29, 1.82) is 0 Å². The van der Waals surface area contributed by atoms with E-state index in [0.717, 1.165) is 22.3 Å². The molecule has 0 unspecified atom stereocenters. The van der Waals surface area contributed by atoms with Gasteiger partial charge in [0.05, 0.1) is 17.3 Å². The monoisotopic (exact) mass is 258 g/mol. The number of rotatable bonds is 2. The molecule has 3 aromatic heterocycles. The molecule has 0 spiro atoms. The van der Waals surface area contributed by atoms with E-state index in [1.54, 1.807) is 10.9 Å². The lowest BCUT2D eigenvalue weighted by Crippen LogP contribution is -2.13. The van der Waals surface area contributed by atoms with Gasteiger partial charge < -0.3 is 0 Å². The second-order valence-electron chi connectivity index (χ2n) is 4.36. The molecule has 0 atom stereocenters. The number of anilines is 1. The zero-order valence-electron chi connectivity index (χ0n) is 10.9. The third-order valence-electron chi connectivity index (χ3n) is 3.27. The van der Waals surface area contributed by atoms with Crippen LogP contribution in [0.2, 0.25) is 0 Å². The number of hydrogen-bond acceptors (Lipinski definition) is 6. The van der Waals surface area contributed by atoms with E-state index in [-0.39, 0.29) is 0 Å². The molecule has 0 aliphatic heterocycles. The van der Waals surface area contributed by atoms with E-state index in [0.29, 0.717) is 17.4 Å². The Morgan fingerprint density at radius 2 is 2.05 bits per heavy atom. The minimum atomic E-state index is 0.317. The van der Waals surface area contributed by atoms with Gasteiger partial charge in [-0.3, -0.25) is 10.5 Å². The van der Waals surface area contributed by atoms with Gasteiger partial charge in [0.15, 0.2) is 11.5 Å². The first kappa shape index (κ1) is 11.6. The fraction of sp³-hybridized carbons (Fsp3) is 0.273. The number of hydrogen-bond donors (Lipinski definition) is 3. The van der Waals surface area contributed by atoms with Crippen molar-refractivity contribution in [3.05, 3.63) is 23.1 Å². The minimum Gasteiger partial charge on any atom is -0.292 e. The molecule has 0 aromatic carbocycles. The summed E-state index contributed by atoms with van der Waals surface area (Å²) in [5.74, 6) is 6.36. The highest BCUT2D eigenvalue weighted by atomic mass is 15.4. The van der Waals surface area contributed by atoms with Crippen LogP contribution in [0.4, 0.5) is 5.95 Å². The summed E-state index contributed by atoms with van der Waals surface area (Å²) in [5.41, 5.74) is 6.20. The highest BCUT2D eigenvalue weighted by Crippen LogP contribution is 2.22. The van der Waals surface area contributed by atoms with Crippen molar-refractivity contribution in [1.82, 2.24) is 29.9 Å². The van der Waals surface area contributed by atoms with Gasteiger partial charge in [-0.25, -0.2) is 10.5 Å². The number of fused-ring (bicyclic) bond motifs is 1. The van der Waals surface area contributed by atoms with E-state index in [1.165, 1.54) is 0 Å². The summed E-state index contributed by atoms with van der Waals surface area (Å²) in [4.78, 5) is 8.56. The number of nitrogens with one attached hydrogen (secondary N) is 2. The second-order valence-corrected chi connectivity index (χ2v) is 4.36. The second kappa shape index (κ2) is 4.02. The van der Waals surface area contributed by atoms with Crippen LogP contribution in [0, 0.1) is 20.8 Å². The molecule has 8 heteroatoms. The third kappa shape index (κ3) is 1.65. The summed E-state index contributed by atoms with van der Waals surface area (Å²) in [6.07, 6.45) is 1.68. The van der Waals surface area contributed by atoms with E-state index < -0.39 is 0 Å². The molecule has 19 heavy (non-hydrogen) atoms. The van der Waals surface area contributed by atoms with Crippen LogP contribution in [-0.2, 0) is 0 Å². The van der Waals surface area contributed by atoms with Gasteiger partial charge in [-0.05, 0) is 26.3 Å². The van der Waals surface area contributed by atoms with Gasteiger partial charge in [-0.2, -0.15) is 20.2 Å². The molecule has 0 fully saturated rings. The highest BCUT2D eigenvalue weighted by molar-refractivity contribution is 5.82. The average molecular weight is 258 g/mol. The first-order chi connectivity index (χ1) is 9.11. The number of H-pyrrole nitrogens is 1. The van der Waals surface area contributed by atoms with E-state index in [1.807, 2.05) is 20.8 Å². The van der Waals surface area contributed by atoms with Gasteiger partial charge in [0, 0.05) is 5.69 Å². The largest absolute Gasteiger partial charge is 0.292 e. The Kier molecular flexibility index (Phi) is 2.46. The maximum atomic E-state index is 5.39. The number of hydrazine groups is 1. The Bertz CT molecular complexity index is 753. The summed E-state index contributed by atoms with van der Waals surface area (Å²) in [7, 11) is 0. The Morgan fingerprint density at radius 1 is 1.26 bits per heavy atom. The highest BCUT2D eigenvalue weighted by Gasteiger charge is 2.15. The molecular formula is C11H14N8. The smallest absolute Gasteiger partial charge is 0.241 e. The van der Waals surface area contributed by atoms with Crippen molar-refractivity contribution >= 4 is 17.0 Å². The fourth-order valence-electron chi connectivity index (χ4n) is 1.97. The average Bonchev–Trinajstić information content (AvgIpc) is 2.98. The molecule has 0 radical (unpaired) electrons. The number of aryl methyl sites for hydroxylation is 1. The minimum absolute atomic E-state index is 0.317. The molecule has 0 amide bonds. The van der Waals surface area contributed by atoms with Crippen molar-refractivity contribution in [2.75, 3.05) is 5.43 Å². The van der Waals surface area contributed by atoms with Crippen LogP contribution in [0.25, 0.3) is 16.9 Å². The summed E-state index contributed by atoms with van der Waals surface area (Å²) in [5, 5.41) is 12.1. The van der Waals surface area contributed by atoms with Crippen LogP contribution in [0.15, 0.2) is 6.20 Å². The van der Waals surface area contributed by atoms with Gasteiger partial charge in [-0.1, -0.05) is 0 Å². The Hall–Kier alpha value is -2.48. The molecule has 0 aliphatic carbocycles. The molecule has 3 heterocycles. The first-order valence-corrected chi connectivity index (χ1v) is 5.82. The summed E-state index contributed by atoms with van der Waals surface area (Å²) in [6.45, 7) is 6.00. The summed E-state index contributed by atoms with van der Waals surface area (Å²) >= 11 is 0. The summed E-state index contributed by atoms with van der Waals surface area (Å²) in [6, 6.07) is 0. The molecule has 4 N–H and O–H groups in total. The van der Waals surface area contributed by atoms with Crippen molar-refractivity contribution in [3.63, 3.8) is 0 Å². The zero-order chi connectivity index (χ0) is 13.6. The lowest BCUT2D eigenvalue weighted by molar-refractivity contribution is 0.810. The Morgan fingerprint density at radius 3 is 2.68 bits per heavy atom. The molecule has 0 saturated heterocycles. The molecule has 8 nitrogen and oxygen atoms in total. The number of aromatic amines is 1. The standard InChI is InChI=1S/C11H14N8/c1-5-6(2)18-19(7(5)3)10-8-4-13-17-9(8)14-11(15-10)16-12/h4H,12H2,1-3H3,(H2,13,14,15,16,17). The quantitative estimate of drug-likeness (QED) is 0.462. The van der Waals surface area contributed by atoms with Crippen LogP contribution in [0.1, 0.15) is 17.0 Å². The van der Waals surface area contributed by atoms with Crippen LogP contribution in [-0.4, -0.2) is 29.9 Å². The normalized spacial score (nSPS) is 11.2. The fourth-order valence-corrected chi connectivity index (χ4v) is 1.97. The van der Waals surface area contributed by atoms with Gasteiger partial charge >= 0.3 is 0 Å². The number of nitrogen functional groups attached to an aromatic ring is 1. The Labute approximate surface area is 109 Å². The van der Waals surface area contributed by atoms with Crippen molar-refractivity contribution in [3.8, 4) is 5.82 Å². The van der Waals surface area contributed by atoms with Crippen LogP contribution in [0.5, 0.6) is 0 Å². The van der Waals surface area contributed by atoms with Gasteiger partial charge in [0.25, 0.3) is 0 Å². The maximum Gasteiger partial charge on any atom is 0.241 e. The van der Waals surface area contributed by atoms with Gasteiger partial charge in [0.2, 0.25) is 5.95 Å². The number of nitrogens with zero attached hydrogens (tertiary/aromatic N) is 5. The summed E-state index contributed by atoms with van der Waals surface area (Å²) < 4.78 is 1.78. The van der Waals surface area contributed by atoms with Gasteiger partial charge in [-0.15, -0.1) is 0 Å².